The molecule has 0 fully saturated rings. The zero-order chi connectivity index (χ0) is 10.1. The molecule has 0 spiro atoms. The monoisotopic (exact) mass is 314 g/mol. The average Bonchev–Trinajstić information content (AvgIpc) is 2.01. The maximum atomic E-state index is 10.8. The molecule has 72 valence electrons. The summed E-state index contributed by atoms with van der Waals surface area (Å²) in [6, 6.07) is 4.41. The summed E-state index contributed by atoms with van der Waals surface area (Å²) in [5.74, 6) is 0.148. The number of rotatable bonds is 2. The maximum absolute atomic E-state index is 10.8. The molecule has 0 aliphatic heterocycles. The molecule has 1 aromatic rings. The normalized spacial score (nSPS) is 11.3. The second kappa shape index (κ2) is 3.81. The molecule has 4 nitrogen and oxygen atoms in total. The Balaban J connectivity index is 3.39. The third-order valence-electron chi connectivity index (χ3n) is 1.40. The van der Waals surface area contributed by atoms with E-state index < -0.39 is 10.1 Å². The summed E-state index contributed by atoms with van der Waals surface area (Å²) in [6.07, 6.45) is 0. The molecule has 6 heteroatoms. The zero-order valence-electron chi connectivity index (χ0n) is 6.69. The van der Waals surface area contributed by atoms with Gasteiger partial charge in [-0.1, -0.05) is 0 Å². The van der Waals surface area contributed by atoms with E-state index in [2.05, 4.69) is 0 Å². The highest BCUT2D eigenvalue weighted by atomic mass is 127. The van der Waals surface area contributed by atoms with Gasteiger partial charge in [-0.25, -0.2) is 0 Å². The smallest absolute Gasteiger partial charge is 0.298 e. The summed E-state index contributed by atoms with van der Waals surface area (Å²) in [5.41, 5.74) is 0. The maximum Gasteiger partial charge on any atom is 0.298 e. The number of methoxy groups -OCH3 is 1. The summed E-state index contributed by atoms with van der Waals surface area (Å²) in [5, 5.41) is 0. The molecule has 0 aromatic heterocycles. The van der Waals surface area contributed by atoms with E-state index in [9.17, 15) is 8.42 Å². The summed E-state index contributed by atoms with van der Waals surface area (Å²) in [7, 11) is -2.84. The Labute approximate surface area is 89.8 Å². The van der Waals surface area contributed by atoms with Crippen LogP contribution in [-0.4, -0.2) is 20.1 Å². The van der Waals surface area contributed by atoms with Crippen LogP contribution in [0.4, 0.5) is 0 Å². The van der Waals surface area contributed by atoms with Crippen LogP contribution in [0.25, 0.3) is 0 Å². The Morgan fingerprint density at radius 1 is 1.46 bits per heavy atom. The molecule has 0 amide bonds. The van der Waals surface area contributed by atoms with E-state index in [1.54, 1.807) is 6.07 Å². The lowest BCUT2D eigenvalue weighted by Gasteiger charge is -2.05. The topological polar surface area (TPSA) is 63.6 Å². The molecular formula is C7H7IO4S. The third kappa shape index (κ3) is 2.55. The first kappa shape index (κ1) is 10.7. The van der Waals surface area contributed by atoms with Crippen molar-refractivity contribution in [1.82, 2.24) is 0 Å². The molecule has 0 saturated heterocycles. The first-order valence-electron chi connectivity index (χ1n) is 3.26. The first-order chi connectivity index (χ1) is 5.95. The van der Waals surface area contributed by atoms with E-state index in [1.807, 2.05) is 22.6 Å². The van der Waals surface area contributed by atoms with Crippen molar-refractivity contribution >= 4 is 32.7 Å². The van der Waals surface area contributed by atoms with Gasteiger partial charge in [0.25, 0.3) is 10.1 Å². The van der Waals surface area contributed by atoms with Crippen molar-refractivity contribution < 1.29 is 17.7 Å². The van der Waals surface area contributed by atoms with Gasteiger partial charge in [0.1, 0.15) is 10.6 Å². The second-order valence-electron chi connectivity index (χ2n) is 2.27. The van der Waals surface area contributed by atoms with Gasteiger partial charge < -0.3 is 4.74 Å². The highest BCUT2D eigenvalue weighted by Gasteiger charge is 2.15. The lowest BCUT2D eigenvalue weighted by atomic mass is 10.3. The molecule has 1 aromatic carbocycles. The van der Waals surface area contributed by atoms with Gasteiger partial charge in [0.2, 0.25) is 0 Å². The van der Waals surface area contributed by atoms with Gasteiger partial charge in [-0.15, -0.1) is 0 Å². The van der Waals surface area contributed by atoms with Crippen molar-refractivity contribution in [3.63, 3.8) is 0 Å². The summed E-state index contributed by atoms with van der Waals surface area (Å²) in [6.45, 7) is 0. The Morgan fingerprint density at radius 3 is 2.54 bits per heavy atom. The molecule has 0 atom stereocenters. The van der Waals surface area contributed by atoms with Crippen LogP contribution in [0, 0.1) is 3.57 Å². The molecular weight excluding hydrogens is 307 g/mol. The predicted molar refractivity (Wildman–Crippen MR) is 55.5 cm³/mol. The molecule has 0 heterocycles. The Bertz CT molecular complexity index is 413. The standard InChI is InChI=1S/C7H7IO4S/c1-12-6-4-5(8)2-3-7(6)13(9,10)11/h2-4H,1H3,(H,9,10,11). The van der Waals surface area contributed by atoms with Crippen LogP contribution in [0.15, 0.2) is 23.1 Å². The van der Waals surface area contributed by atoms with Crippen LogP contribution in [0.3, 0.4) is 0 Å². The minimum absolute atomic E-state index is 0.148. The quantitative estimate of drug-likeness (QED) is 0.664. The fraction of sp³-hybridized carbons (Fsp3) is 0.143. The molecule has 0 radical (unpaired) electrons. The predicted octanol–water partition coefficient (Wildman–Crippen LogP) is 1.55. The van der Waals surface area contributed by atoms with Crippen LogP contribution in [0.2, 0.25) is 0 Å². The van der Waals surface area contributed by atoms with Gasteiger partial charge >= 0.3 is 0 Å². The average molecular weight is 314 g/mol. The SMILES string of the molecule is COc1cc(I)ccc1S(=O)(=O)O. The van der Waals surface area contributed by atoms with Crippen molar-refractivity contribution in [2.75, 3.05) is 7.11 Å². The van der Waals surface area contributed by atoms with Crippen LogP contribution >= 0.6 is 22.6 Å². The number of ether oxygens (including phenoxy) is 1. The minimum Gasteiger partial charge on any atom is -0.495 e. The van der Waals surface area contributed by atoms with Crippen LogP contribution in [0.5, 0.6) is 5.75 Å². The highest BCUT2D eigenvalue weighted by molar-refractivity contribution is 14.1. The van der Waals surface area contributed by atoms with E-state index >= 15 is 0 Å². The third-order valence-corrected chi connectivity index (χ3v) is 2.97. The number of halogens is 1. The fourth-order valence-corrected chi connectivity index (χ4v) is 1.95. The Hall–Kier alpha value is -0.340. The number of hydrogen-bond acceptors (Lipinski definition) is 3. The number of hydrogen-bond donors (Lipinski definition) is 1. The summed E-state index contributed by atoms with van der Waals surface area (Å²) < 4.78 is 36.0. The van der Waals surface area contributed by atoms with E-state index in [1.165, 1.54) is 19.2 Å². The summed E-state index contributed by atoms with van der Waals surface area (Å²) in [4.78, 5) is -0.213. The highest BCUT2D eigenvalue weighted by Crippen LogP contribution is 2.25. The fourth-order valence-electron chi connectivity index (χ4n) is 0.855. The zero-order valence-corrected chi connectivity index (χ0v) is 9.66. The molecule has 0 aliphatic carbocycles. The van der Waals surface area contributed by atoms with Gasteiger partial charge in [0, 0.05) is 3.57 Å². The van der Waals surface area contributed by atoms with Crippen molar-refractivity contribution in [3.8, 4) is 5.75 Å². The molecule has 0 saturated carbocycles. The van der Waals surface area contributed by atoms with Gasteiger partial charge in [-0.05, 0) is 40.8 Å². The van der Waals surface area contributed by atoms with Crippen LogP contribution < -0.4 is 4.74 Å². The first-order valence-corrected chi connectivity index (χ1v) is 5.78. The van der Waals surface area contributed by atoms with Gasteiger partial charge in [0.05, 0.1) is 7.11 Å². The van der Waals surface area contributed by atoms with Crippen molar-refractivity contribution in [2.45, 2.75) is 4.90 Å². The molecule has 1 rings (SSSR count). The molecule has 13 heavy (non-hydrogen) atoms. The van der Waals surface area contributed by atoms with Crippen molar-refractivity contribution in [2.24, 2.45) is 0 Å². The van der Waals surface area contributed by atoms with E-state index in [4.69, 9.17) is 9.29 Å². The van der Waals surface area contributed by atoms with Crippen molar-refractivity contribution in [1.29, 1.82) is 0 Å². The lowest BCUT2D eigenvalue weighted by Crippen LogP contribution is -2.01. The van der Waals surface area contributed by atoms with E-state index in [-0.39, 0.29) is 10.6 Å². The minimum atomic E-state index is -4.19. The van der Waals surface area contributed by atoms with Crippen LogP contribution in [0.1, 0.15) is 0 Å². The van der Waals surface area contributed by atoms with E-state index in [0.29, 0.717) is 0 Å². The van der Waals surface area contributed by atoms with E-state index in [0.717, 1.165) is 3.57 Å². The van der Waals surface area contributed by atoms with Crippen molar-refractivity contribution in [3.05, 3.63) is 21.8 Å². The molecule has 0 aliphatic rings. The molecule has 0 unspecified atom stereocenters. The second-order valence-corrected chi connectivity index (χ2v) is 4.91. The Morgan fingerprint density at radius 2 is 2.08 bits per heavy atom. The Kier molecular flexibility index (Phi) is 3.14. The molecule has 0 bridgehead atoms. The summed E-state index contributed by atoms with van der Waals surface area (Å²) >= 11 is 2.02. The lowest BCUT2D eigenvalue weighted by molar-refractivity contribution is 0.397. The number of benzene rings is 1. The van der Waals surface area contributed by atoms with Gasteiger partial charge in [0.15, 0.2) is 0 Å². The molecule has 1 N–H and O–H groups in total. The largest absolute Gasteiger partial charge is 0.495 e. The van der Waals surface area contributed by atoms with Gasteiger partial charge in [-0.2, -0.15) is 8.42 Å². The van der Waals surface area contributed by atoms with Crippen LogP contribution in [-0.2, 0) is 10.1 Å². The van der Waals surface area contributed by atoms with Gasteiger partial charge in [-0.3, -0.25) is 4.55 Å².